The molecule has 0 aliphatic carbocycles. The van der Waals surface area contributed by atoms with Crippen LogP contribution in [0.4, 0.5) is 17.1 Å². The first-order valence-electron chi connectivity index (χ1n) is 16.9. The Balaban J connectivity index is 1.20. The van der Waals surface area contributed by atoms with Crippen molar-refractivity contribution in [3.05, 3.63) is 167 Å². The molecule has 0 radical (unpaired) electrons. The van der Waals surface area contributed by atoms with Crippen LogP contribution in [0.15, 0.2) is 138 Å². The Morgan fingerprint density at radius 3 is 1.22 bits per heavy atom. The van der Waals surface area contributed by atoms with E-state index < -0.39 is 0 Å². The molecular weight excluding hydrogens is 597 g/mol. The summed E-state index contributed by atoms with van der Waals surface area (Å²) < 4.78 is 6.26. The first kappa shape index (κ1) is 31.9. The molecule has 7 rings (SSSR count). The Hall–Kier alpha value is -5.68. The number of aromatic nitrogens is 2. The summed E-state index contributed by atoms with van der Waals surface area (Å²) >= 11 is 0. The van der Waals surface area contributed by atoms with Crippen LogP contribution in [-0.4, -0.2) is 16.9 Å². The number of para-hydroxylation sites is 2. The van der Waals surface area contributed by atoms with Crippen molar-refractivity contribution in [1.82, 2.24) is 10.2 Å². The van der Waals surface area contributed by atoms with Crippen molar-refractivity contribution in [2.75, 3.05) is 4.90 Å². The van der Waals surface area contributed by atoms with Gasteiger partial charge in [0.2, 0.25) is 18.5 Å². The minimum atomic E-state index is 0.110. The number of hydrogen-bond acceptors (Lipinski definition) is 4. The quantitative estimate of drug-likeness (QED) is 0.156. The van der Waals surface area contributed by atoms with Crippen molar-refractivity contribution < 1.29 is 4.42 Å². The fourth-order valence-electron chi connectivity index (χ4n) is 7.40. The molecule has 0 unspecified atom stereocenters. The monoisotopic (exact) mass is 637 g/mol. The molecule has 0 bridgehead atoms. The maximum Gasteiger partial charge on any atom is 0.248 e. The Morgan fingerprint density at radius 1 is 0.449 bits per heavy atom. The van der Waals surface area contributed by atoms with Crippen molar-refractivity contribution in [3.8, 4) is 22.9 Å². The fourth-order valence-corrected chi connectivity index (χ4v) is 7.40. The van der Waals surface area contributed by atoms with Gasteiger partial charge in [0.25, 0.3) is 0 Å². The molecular formula is C44H40BN3O. The third-order valence-corrected chi connectivity index (χ3v) is 9.37. The van der Waals surface area contributed by atoms with Crippen LogP contribution >= 0.6 is 0 Å². The van der Waals surface area contributed by atoms with Gasteiger partial charge in [0.05, 0.1) is 0 Å². The minimum Gasteiger partial charge on any atom is -0.416 e. The standard InChI is InChI=1S/C44H40BN3O/c1-29-25-31(3)41(32(4)26-29)45(42-33(5)27-30(2)28-34(42)6)37-21-17-35(18-22-37)43-46-47-44(49-43)36-19-23-40(24-20-36)48(38-13-9-7-10-14-38)39-15-11-8-12-16-39/h7-28H,1-6H3. The molecule has 0 spiro atoms. The van der Waals surface area contributed by atoms with Crippen molar-refractivity contribution in [2.24, 2.45) is 0 Å². The number of nitrogens with zero attached hydrogens (tertiary/aromatic N) is 3. The second-order valence-corrected chi connectivity index (χ2v) is 13.1. The number of rotatable bonds is 8. The maximum atomic E-state index is 6.26. The first-order valence-corrected chi connectivity index (χ1v) is 16.9. The lowest BCUT2D eigenvalue weighted by molar-refractivity contribution is 0.584. The molecule has 0 atom stereocenters. The van der Waals surface area contributed by atoms with E-state index in [4.69, 9.17) is 4.42 Å². The van der Waals surface area contributed by atoms with Gasteiger partial charge >= 0.3 is 0 Å². The lowest BCUT2D eigenvalue weighted by Crippen LogP contribution is -2.55. The summed E-state index contributed by atoms with van der Waals surface area (Å²) in [7, 11) is 0. The van der Waals surface area contributed by atoms with Gasteiger partial charge in [0, 0.05) is 28.2 Å². The van der Waals surface area contributed by atoms with Crippen LogP contribution in [0.1, 0.15) is 33.4 Å². The van der Waals surface area contributed by atoms with Gasteiger partial charge in [0.15, 0.2) is 0 Å². The van der Waals surface area contributed by atoms with Gasteiger partial charge in [-0.1, -0.05) is 123 Å². The number of anilines is 3. The Kier molecular flexibility index (Phi) is 8.75. The molecule has 1 aromatic heterocycles. The lowest BCUT2D eigenvalue weighted by atomic mass is 9.34. The molecule has 7 aromatic rings. The zero-order valence-electron chi connectivity index (χ0n) is 29.0. The second-order valence-electron chi connectivity index (χ2n) is 13.1. The van der Waals surface area contributed by atoms with Crippen molar-refractivity contribution in [1.29, 1.82) is 0 Å². The summed E-state index contributed by atoms with van der Waals surface area (Å²) in [4.78, 5) is 2.23. The van der Waals surface area contributed by atoms with Crippen LogP contribution in [0.2, 0.25) is 0 Å². The van der Waals surface area contributed by atoms with Crippen molar-refractivity contribution >= 4 is 40.2 Å². The van der Waals surface area contributed by atoms with Gasteiger partial charge in [-0.3, -0.25) is 0 Å². The zero-order chi connectivity index (χ0) is 34.1. The van der Waals surface area contributed by atoms with E-state index in [9.17, 15) is 0 Å². The summed E-state index contributed by atoms with van der Waals surface area (Å²) in [6.45, 7) is 13.4. The number of benzene rings is 6. The highest BCUT2D eigenvalue weighted by atomic mass is 16.4. The van der Waals surface area contributed by atoms with E-state index in [0.29, 0.717) is 11.8 Å². The Morgan fingerprint density at radius 2 is 0.816 bits per heavy atom. The van der Waals surface area contributed by atoms with Crippen LogP contribution in [0.3, 0.4) is 0 Å². The van der Waals surface area contributed by atoms with Crippen LogP contribution < -0.4 is 21.3 Å². The minimum absolute atomic E-state index is 0.110. The molecule has 0 aliphatic rings. The summed E-state index contributed by atoms with van der Waals surface area (Å²) in [6.07, 6.45) is 0. The fraction of sp³-hybridized carbons (Fsp3) is 0.136. The largest absolute Gasteiger partial charge is 0.416 e. The molecule has 0 fully saturated rings. The average Bonchev–Trinajstić information content (AvgIpc) is 3.59. The van der Waals surface area contributed by atoms with Gasteiger partial charge < -0.3 is 9.32 Å². The van der Waals surface area contributed by atoms with E-state index >= 15 is 0 Å². The summed E-state index contributed by atoms with van der Waals surface area (Å²) in [6, 6.07) is 46.9. The highest BCUT2D eigenvalue weighted by Crippen LogP contribution is 2.35. The molecule has 49 heavy (non-hydrogen) atoms. The number of hydrogen-bond donors (Lipinski definition) is 0. The zero-order valence-corrected chi connectivity index (χ0v) is 29.0. The lowest BCUT2D eigenvalue weighted by Gasteiger charge is -2.25. The Labute approximate surface area is 290 Å². The third kappa shape index (κ3) is 6.45. The maximum absolute atomic E-state index is 6.26. The Bertz CT molecular complexity index is 2080. The van der Waals surface area contributed by atoms with Crippen LogP contribution in [0.5, 0.6) is 0 Å². The summed E-state index contributed by atoms with van der Waals surface area (Å²) in [5, 5.41) is 8.89. The topological polar surface area (TPSA) is 42.2 Å². The van der Waals surface area contributed by atoms with E-state index in [2.05, 4.69) is 166 Å². The van der Waals surface area contributed by atoms with Gasteiger partial charge in [-0.2, -0.15) is 0 Å². The molecule has 6 aromatic carbocycles. The average molecular weight is 638 g/mol. The molecule has 0 amide bonds. The number of aryl methyl sites for hydroxylation is 6. The highest BCUT2D eigenvalue weighted by molar-refractivity contribution is 6.96. The van der Waals surface area contributed by atoms with E-state index in [1.165, 1.54) is 49.8 Å². The van der Waals surface area contributed by atoms with E-state index in [0.717, 1.165) is 28.2 Å². The van der Waals surface area contributed by atoms with Crippen LogP contribution in [0, 0.1) is 41.5 Å². The normalized spacial score (nSPS) is 11.1. The second kappa shape index (κ2) is 13.4. The molecule has 4 nitrogen and oxygen atoms in total. The first-order chi connectivity index (χ1) is 23.8. The van der Waals surface area contributed by atoms with Crippen LogP contribution in [0.25, 0.3) is 22.9 Å². The molecule has 240 valence electrons. The molecule has 0 saturated carbocycles. The van der Waals surface area contributed by atoms with E-state index in [-0.39, 0.29) is 6.71 Å². The van der Waals surface area contributed by atoms with E-state index in [1.807, 2.05) is 24.3 Å². The molecule has 1 heterocycles. The van der Waals surface area contributed by atoms with Gasteiger partial charge in [-0.05, 0) is 102 Å². The summed E-state index contributed by atoms with van der Waals surface area (Å²) in [5.41, 5.74) is 16.8. The molecule has 0 saturated heterocycles. The predicted molar refractivity (Wildman–Crippen MR) is 206 cm³/mol. The predicted octanol–water partition coefficient (Wildman–Crippen LogP) is 9.24. The molecule has 0 aliphatic heterocycles. The SMILES string of the molecule is Cc1cc(C)c(B(c2ccc(-c3nnc(-c4ccc(N(c5ccccc5)c5ccccc5)cc4)o3)cc2)c2c(C)cc(C)cc2C)c(C)c1. The summed E-state index contributed by atoms with van der Waals surface area (Å²) in [5.74, 6) is 0.994. The van der Waals surface area contributed by atoms with Crippen molar-refractivity contribution in [3.63, 3.8) is 0 Å². The molecule has 5 heteroatoms. The van der Waals surface area contributed by atoms with Crippen molar-refractivity contribution in [2.45, 2.75) is 41.5 Å². The third-order valence-electron chi connectivity index (χ3n) is 9.37. The highest BCUT2D eigenvalue weighted by Gasteiger charge is 2.28. The van der Waals surface area contributed by atoms with Crippen LogP contribution in [-0.2, 0) is 0 Å². The smallest absolute Gasteiger partial charge is 0.248 e. The van der Waals surface area contributed by atoms with Gasteiger partial charge in [0.1, 0.15) is 0 Å². The van der Waals surface area contributed by atoms with E-state index in [1.54, 1.807) is 0 Å². The van der Waals surface area contributed by atoms with Gasteiger partial charge in [-0.15, -0.1) is 10.2 Å². The van der Waals surface area contributed by atoms with Gasteiger partial charge in [-0.25, -0.2) is 0 Å². The molecule has 0 N–H and O–H groups in total.